The van der Waals surface area contributed by atoms with Crippen LogP contribution < -0.4 is 10.8 Å². The smallest absolute Gasteiger partial charge is 0.276 e. The molecule has 0 aliphatic carbocycles. The molecule has 0 saturated heterocycles. The van der Waals surface area contributed by atoms with Crippen LogP contribution in [0.15, 0.2) is 52.4 Å². The van der Waals surface area contributed by atoms with Crippen molar-refractivity contribution in [2.75, 3.05) is 5.23 Å². The number of nitrogens with one attached hydrogen (secondary N) is 1. The van der Waals surface area contributed by atoms with Crippen molar-refractivity contribution in [2.24, 2.45) is 5.16 Å². The molecule has 0 fully saturated rings. The number of fused-ring (bicyclic) bond motifs is 1. The van der Waals surface area contributed by atoms with Crippen LogP contribution in [0.1, 0.15) is 17.4 Å². The van der Waals surface area contributed by atoms with Crippen molar-refractivity contribution >= 4 is 34.0 Å². The number of rotatable bonds is 4. The lowest BCUT2D eigenvalue weighted by atomic mass is 10.0. The van der Waals surface area contributed by atoms with Gasteiger partial charge in [-0.05, 0) is 35.9 Å². The van der Waals surface area contributed by atoms with E-state index < -0.39 is 11.7 Å². The molecule has 0 spiro atoms. The number of H-pyrrole nitrogens is 1. The van der Waals surface area contributed by atoms with Crippen LogP contribution in [0.2, 0.25) is 5.02 Å². The van der Waals surface area contributed by atoms with Crippen LogP contribution in [0.4, 0.5) is 5.69 Å². The minimum atomic E-state index is -1.49. The van der Waals surface area contributed by atoms with Gasteiger partial charge in [0.05, 0.1) is 16.7 Å². The number of halogens is 1. The zero-order valence-electron chi connectivity index (χ0n) is 13.0. The lowest BCUT2D eigenvalue weighted by Gasteiger charge is -2.22. The number of benzene rings is 2. The zero-order valence-corrected chi connectivity index (χ0v) is 13.8. The Bertz CT molecular complexity index is 1030. The Kier molecular flexibility index (Phi) is 4.87. The van der Waals surface area contributed by atoms with Gasteiger partial charge in [0.1, 0.15) is 11.8 Å². The van der Waals surface area contributed by atoms with E-state index in [2.05, 4.69) is 15.1 Å². The first-order valence-corrected chi connectivity index (χ1v) is 7.64. The van der Waals surface area contributed by atoms with Gasteiger partial charge in [-0.3, -0.25) is 10.0 Å². The maximum Gasteiger partial charge on any atom is 0.276 e. The quantitative estimate of drug-likeness (QED) is 0.310. The zero-order chi connectivity index (χ0) is 18.8. The predicted octanol–water partition coefficient (Wildman–Crippen LogP) is 2.18. The summed E-state index contributed by atoms with van der Waals surface area (Å²) >= 11 is 5.87. The average molecular weight is 376 g/mol. The molecular weight excluding hydrogens is 364 g/mol. The molecule has 4 N–H and O–H groups in total. The van der Waals surface area contributed by atoms with E-state index in [9.17, 15) is 20.3 Å². The summed E-state index contributed by atoms with van der Waals surface area (Å²) in [7, 11) is 0. The highest BCUT2D eigenvalue weighted by Crippen LogP contribution is 2.22. The molecule has 0 amide bonds. The lowest BCUT2D eigenvalue weighted by Crippen LogP contribution is -2.25. The molecule has 9 nitrogen and oxygen atoms in total. The Morgan fingerprint density at radius 2 is 1.96 bits per heavy atom. The van der Waals surface area contributed by atoms with Gasteiger partial charge < -0.3 is 25.7 Å². The summed E-state index contributed by atoms with van der Waals surface area (Å²) in [6, 6.07) is 9.83. The second-order valence-corrected chi connectivity index (χ2v) is 5.76. The number of anilines is 1. The number of aliphatic hydroxyl groups excluding tert-OH is 1. The van der Waals surface area contributed by atoms with Gasteiger partial charge in [-0.15, -0.1) is 0 Å². The van der Waals surface area contributed by atoms with Gasteiger partial charge in [-0.1, -0.05) is 28.9 Å². The number of aliphatic hydroxyl groups is 1. The van der Waals surface area contributed by atoms with Gasteiger partial charge in [-0.25, -0.2) is 4.98 Å². The molecule has 0 aliphatic heterocycles. The third-order valence-corrected chi connectivity index (χ3v) is 3.93. The molecule has 10 heteroatoms. The highest BCUT2D eigenvalue weighted by atomic mass is 35.5. The van der Waals surface area contributed by atoms with Gasteiger partial charge in [0.15, 0.2) is 5.69 Å². The summed E-state index contributed by atoms with van der Waals surface area (Å²) in [5, 5.41) is 42.5. The molecule has 1 heterocycles. The van der Waals surface area contributed by atoms with Crippen LogP contribution in [0.5, 0.6) is 0 Å². The number of oxime groups is 1. The van der Waals surface area contributed by atoms with Crippen molar-refractivity contribution in [1.29, 1.82) is 0 Å². The topological polar surface area (TPSA) is 145 Å². The normalized spacial score (nSPS) is 13.0. The van der Waals surface area contributed by atoms with Crippen molar-refractivity contribution in [3.05, 3.63) is 74.3 Å². The number of hydrogen-bond acceptors (Lipinski definition) is 8. The maximum atomic E-state index is 12.3. The third kappa shape index (κ3) is 3.37. The maximum absolute atomic E-state index is 12.3. The summed E-state index contributed by atoms with van der Waals surface area (Å²) in [4.78, 5) is 19.0. The Labute approximate surface area is 150 Å². The first kappa shape index (κ1) is 17.8. The van der Waals surface area contributed by atoms with Gasteiger partial charge >= 0.3 is 0 Å². The van der Waals surface area contributed by atoms with Crippen LogP contribution in [0.3, 0.4) is 0 Å². The molecule has 0 saturated carbocycles. The summed E-state index contributed by atoms with van der Waals surface area (Å²) in [5.41, 5.74) is -0.381. The number of nitrogens with zero attached hydrogens (tertiary/aromatic N) is 3. The molecular formula is C16H12ClN4O5-. The number of aromatic amines is 1. The predicted molar refractivity (Wildman–Crippen MR) is 94.7 cm³/mol. The monoisotopic (exact) mass is 375 g/mol. The molecule has 3 aromatic rings. The second-order valence-electron chi connectivity index (χ2n) is 5.33. The van der Waals surface area contributed by atoms with Crippen LogP contribution in [-0.4, -0.2) is 31.2 Å². The third-order valence-electron chi connectivity index (χ3n) is 3.69. The molecule has 1 unspecified atom stereocenters. The molecule has 134 valence electrons. The van der Waals surface area contributed by atoms with Crippen LogP contribution in [0, 0.1) is 5.21 Å². The fourth-order valence-corrected chi connectivity index (χ4v) is 2.58. The second kappa shape index (κ2) is 7.10. The molecule has 1 aromatic heterocycles. The van der Waals surface area contributed by atoms with Crippen LogP contribution in [0.25, 0.3) is 11.0 Å². The van der Waals surface area contributed by atoms with E-state index in [1.807, 2.05) is 0 Å². The minimum Gasteiger partial charge on any atom is -0.733 e. The van der Waals surface area contributed by atoms with E-state index >= 15 is 0 Å². The fourth-order valence-electron chi connectivity index (χ4n) is 2.41. The summed E-state index contributed by atoms with van der Waals surface area (Å²) in [6.45, 7) is 0. The van der Waals surface area contributed by atoms with E-state index in [0.29, 0.717) is 16.1 Å². The molecule has 3 rings (SSSR count). The first-order valence-electron chi connectivity index (χ1n) is 7.27. The van der Waals surface area contributed by atoms with Crippen molar-refractivity contribution < 1.29 is 15.5 Å². The van der Waals surface area contributed by atoms with Gasteiger partial charge in [-0.2, -0.15) is 0 Å². The Morgan fingerprint density at radius 1 is 1.27 bits per heavy atom. The molecule has 0 radical (unpaired) electrons. The van der Waals surface area contributed by atoms with E-state index in [1.54, 1.807) is 12.1 Å². The largest absolute Gasteiger partial charge is 0.733 e. The van der Waals surface area contributed by atoms with Crippen molar-refractivity contribution in [3.8, 4) is 0 Å². The highest BCUT2D eigenvalue weighted by Gasteiger charge is 2.23. The lowest BCUT2D eigenvalue weighted by molar-refractivity contribution is 0.235. The molecule has 26 heavy (non-hydrogen) atoms. The van der Waals surface area contributed by atoms with E-state index in [4.69, 9.17) is 16.8 Å². The standard InChI is InChI=1S/C16H12ClN4O5/c17-9-3-6-11-12(7-9)19-16(23)14(18-11)13(20-24)15(22)8-1-4-10(5-2-8)21(25)26/h1-7,15,22,24-25H,(H,19,23)/q-1/b20-13-. The van der Waals surface area contributed by atoms with E-state index in [-0.39, 0.29) is 27.9 Å². The van der Waals surface area contributed by atoms with E-state index in [0.717, 1.165) is 0 Å². The highest BCUT2D eigenvalue weighted by molar-refractivity contribution is 6.31. The first-order chi connectivity index (χ1) is 12.4. The van der Waals surface area contributed by atoms with Crippen LogP contribution in [-0.2, 0) is 0 Å². The van der Waals surface area contributed by atoms with Gasteiger partial charge in [0.2, 0.25) is 0 Å². The Hall–Kier alpha value is -2.98. The Morgan fingerprint density at radius 3 is 2.58 bits per heavy atom. The SMILES string of the molecule is O=c1[nH]c2cc(Cl)ccc2nc1/C(=N/O)C(O)c1ccc(N([O-])O)cc1. The Balaban J connectivity index is 2.03. The van der Waals surface area contributed by atoms with Crippen molar-refractivity contribution in [3.63, 3.8) is 0 Å². The summed E-state index contributed by atoms with van der Waals surface area (Å²) < 4.78 is 0. The molecule has 2 aromatic carbocycles. The minimum absolute atomic E-state index is 0.0537. The number of aromatic nitrogens is 2. The summed E-state index contributed by atoms with van der Waals surface area (Å²) in [6.07, 6.45) is -1.49. The van der Waals surface area contributed by atoms with Crippen molar-refractivity contribution in [1.82, 2.24) is 9.97 Å². The fraction of sp³-hybridized carbons (Fsp3) is 0.0625. The number of hydrogen-bond donors (Lipinski definition) is 4. The van der Waals surface area contributed by atoms with E-state index in [1.165, 1.54) is 30.3 Å². The molecule has 1 atom stereocenters. The van der Waals surface area contributed by atoms with Gasteiger partial charge in [0, 0.05) is 5.02 Å². The van der Waals surface area contributed by atoms with Crippen LogP contribution >= 0.6 is 11.6 Å². The average Bonchev–Trinajstić information content (AvgIpc) is 2.62. The molecule has 0 bridgehead atoms. The summed E-state index contributed by atoms with van der Waals surface area (Å²) in [5.74, 6) is 0. The van der Waals surface area contributed by atoms with Crippen molar-refractivity contribution in [2.45, 2.75) is 6.10 Å². The molecule has 0 aliphatic rings. The van der Waals surface area contributed by atoms with Gasteiger partial charge in [0.25, 0.3) is 5.56 Å².